The minimum Gasteiger partial charge on any atom is -0.481 e. The Morgan fingerprint density at radius 1 is 1.00 bits per heavy atom. The van der Waals surface area contributed by atoms with Gasteiger partial charge in [0.1, 0.15) is 6.29 Å². The lowest BCUT2D eigenvalue weighted by molar-refractivity contribution is -0.144. The second kappa shape index (κ2) is 12.8. The monoisotopic (exact) mass is 507 g/mol. The number of benzene rings is 3. The standard InChI is InChI=1S/C15H17NO5.C13H9ClO/c1-10-4-2-3-5-11(10)14(18)16(9-17)8-13-12(15(19)20)6-7-21-13;14-13-7-5-12(6-8-13)11-3-1-10(9-15)2-4-11/h2-5,9,12-13H,6-8H2,1H3,(H,19,20);1-9H/t12?,13-;/m0./s1. The van der Waals surface area contributed by atoms with Gasteiger partial charge < -0.3 is 9.84 Å². The zero-order valence-electron chi connectivity index (χ0n) is 19.7. The molecule has 1 fully saturated rings. The molecule has 1 aliphatic heterocycles. The van der Waals surface area contributed by atoms with E-state index in [1.165, 1.54) is 0 Å². The Labute approximate surface area is 214 Å². The van der Waals surface area contributed by atoms with E-state index >= 15 is 0 Å². The Balaban J connectivity index is 0.000000212. The minimum absolute atomic E-state index is 0.0480. The molecule has 0 aliphatic carbocycles. The average molecular weight is 508 g/mol. The van der Waals surface area contributed by atoms with E-state index in [0.717, 1.165) is 32.9 Å². The van der Waals surface area contributed by atoms with Crippen molar-refractivity contribution in [3.63, 3.8) is 0 Å². The van der Waals surface area contributed by atoms with Crippen molar-refractivity contribution in [3.05, 3.63) is 94.5 Å². The number of aliphatic carboxylic acids is 1. The molecule has 1 saturated heterocycles. The number of halogens is 1. The summed E-state index contributed by atoms with van der Waals surface area (Å²) in [6.45, 7) is 2.06. The van der Waals surface area contributed by atoms with Gasteiger partial charge in [-0.1, -0.05) is 66.2 Å². The highest BCUT2D eigenvalue weighted by Crippen LogP contribution is 2.23. The van der Waals surface area contributed by atoms with Crippen LogP contribution in [-0.4, -0.2) is 53.8 Å². The van der Waals surface area contributed by atoms with Crippen LogP contribution in [0.3, 0.4) is 0 Å². The zero-order chi connectivity index (χ0) is 26.1. The molecule has 1 unspecified atom stereocenters. The maximum atomic E-state index is 12.4. The largest absolute Gasteiger partial charge is 0.481 e. The number of carbonyl (C=O) groups is 4. The average Bonchev–Trinajstić information content (AvgIpc) is 3.37. The molecule has 0 spiro atoms. The van der Waals surface area contributed by atoms with Gasteiger partial charge in [-0.05, 0) is 48.2 Å². The van der Waals surface area contributed by atoms with E-state index in [2.05, 4.69) is 0 Å². The second-order valence-electron chi connectivity index (χ2n) is 8.27. The third-order valence-electron chi connectivity index (χ3n) is 5.89. The highest BCUT2D eigenvalue weighted by Gasteiger charge is 2.36. The summed E-state index contributed by atoms with van der Waals surface area (Å²) in [6.07, 6.45) is 1.01. The maximum absolute atomic E-state index is 12.4. The van der Waals surface area contributed by atoms with Crippen LogP contribution >= 0.6 is 11.6 Å². The predicted octanol–water partition coefficient (Wildman–Crippen LogP) is 4.90. The number of carboxylic acid groups (broad SMARTS) is 1. The van der Waals surface area contributed by atoms with Crippen molar-refractivity contribution in [2.75, 3.05) is 13.2 Å². The fraction of sp³-hybridized carbons (Fsp3) is 0.214. The van der Waals surface area contributed by atoms with Gasteiger partial charge in [-0.2, -0.15) is 0 Å². The molecule has 0 radical (unpaired) electrons. The number of amides is 2. The molecule has 7 nitrogen and oxygen atoms in total. The topological polar surface area (TPSA) is 101 Å². The van der Waals surface area contributed by atoms with E-state index in [1.54, 1.807) is 43.3 Å². The maximum Gasteiger partial charge on any atom is 0.309 e. The number of aryl methyl sites for hydroxylation is 1. The molecule has 4 rings (SSSR count). The summed E-state index contributed by atoms with van der Waals surface area (Å²) >= 11 is 5.80. The van der Waals surface area contributed by atoms with Gasteiger partial charge in [-0.15, -0.1) is 0 Å². The quantitative estimate of drug-likeness (QED) is 0.456. The summed E-state index contributed by atoms with van der Waals surface area (Å²) < 4.78 is 5.34. The molecule has 3 aromatic rings. The third-order valence-corrected chi connectivity index (χ3v) is 6.14. The van der Waals surface area contributed by atoms with Crippen molar-refractivity contribution in [1.29, 1.82) is 0 Å². The van der Waals surface area contributed by atoms with Crippen molar-refractivity contribution >= 4 is 36.2 Å². The molecule has 1 heterocycles. The van der Waals surface area contributed by atoms with Crippen LogP contribution in [0, 0.1) is 12.8 Å². The van der Waals surface area contributed by atoms with Gasteiger partial charge in [0.25, 0.3) is 5.91 Å². The molecule has 8 heteroatoms. The van der Waals surface area contributed by atoms with Gasteiger partial charge in [-0.25, -0.2) is 0 Å². The molecular formula is C28H26ClNO6. The molecule has 36 heavy (non-hydrogen) atoms. The van der Waals surface area contributed by atoms with Crippen LogP contribution in [0.4, 0.5) is 0 Å². The number of aldehydes is 1. The smallest absolute Gasteiger partial charge is 0.309 e. The zero-order valence-corrected chi connectivity index (χ0v) is 20.4. The van der Waals surface area contributed by atoms with Gasteiger partial charge in [0, 0.05) is 22.8 Å². The summed E-state index contributed by atoms with van der Waals surface area (Å²) in [6, 6.07) is 22.0. The molecule has 1 N–H and O–H groups in total. The van der Waals surface area contributed by atoms with E-state index < -0.39 is 23.9 Å². The fourth-order valence-corrected chi connectivity index (χ4v) is 3.97. The van der Waals surface area contributed by atoms with Gasteiger partial charge in [0.15, 0.2) is 0 Å². The minimum atomic E-state index is -0.966. The number of imide groups is 1. The molecule has 2 atom stereocenters. The highest BCUT2D eigenvalue weighted by molar-refractivity contribution is 6.30. The van der Waals surface area contributed by atoms with Crippen LogP contribution in [0.1, 0.15) is 32.7 Å². The molecule has 3 aromatic carbocycles. The summed E-state index contributed by atoms with van der Waals surface area (Å²) in [7, 11) is 0. The number of rotatable bonds is 7. The van der Waals surface area contributed by atoms with Gasteiger partial charge in [-0.3, -0.25) is 24.1 Å². The van der Waals surface area contributed by atoms with Gasteiger partial charge in [0.2, 0.25) is 6.41 Å². The van der Waals surface area contributed by atoms with Crippen molar-refractivity contribution in [3.8, 4) is 11.1 Å². The Morgan fingerprint density at radius 3 is 2.17 bits per heavy atom. The Morgan fingerprint density at radius 2 is 1.61 bits per heavy atom. The first kappa shape index (κ1) is 26.8. The lowest BCUT2D eigenvalue weighted by atomic mass is 10.0. The Bertz CT molecular complexity index is 1210. The normalized spacial score (nSPS) is 16.4. The summed E-state index contributed by atoms with van der Waals surface area (Å²) in [5.41, 5.74) is 4.05. The molecule has 0 bridgehead atoms. The molecular weight excluding hydrogens is 482 g/mol. The van der Waals surface area contributed by atoms with Crippen molar-refractivity contribution in [2.45, 2.75) is 19.4 Å². The number of hydrogen-bond acceptors (Lipinski definition) is 5. The predicted molar refractivity (Wildman–Crippen MR) is 136 cm³/mol. The van der Waals surface area contributed by atoms with E-state index in [1.807, 2.05) is 36.4 Å². The first-order chi connectivity index (χ1) is 17.3. The van der Waals surface area contributed by atoms with Crippen LogP contribution in [0.25, 0.3) is 11.1 Å². The van der Waals surface area contributed by atoms with Gasteiger partial charge in [0.05, 0.1) is 18.6 Å². The van der Waals surface area contributed by atoms with Crippen LogP contribution in [0.5, 0.6) is 0 Å². The number of hydrogen-bond donors (Lipinski definition) is 1. The Kier molecular flexibility index (Phi) is 9.50. The lowest BCUT2D eigenvalue weighted by Gasteiger charge is -2.22. The van der Waals surface area contributed by atoms with Crippen molar-refractivity contribution in [2.24, 2.45) is 5.92 Å². The van der Waals surface area contributed by atoms with E-state index in [9.17, 15) is 19.2 Å². The number of nitrogens with zero attached hydrogens (tertiary/aromatic N) is 1. The summed E-state index contributed by atoms with van der Waals surface area (Å²) in [4.78, 5) is 46.1. The molecule has 0 aromatic heterocycles. The van der Waals surface area contributed by atoms with E-state index in [4.69, 9.17) is 21.4 Å². The van der Waals surface area contributed by atoms with Gasteiger partial charge >= 0.3 is 5.97 Å². The molecule has 186 valence electrons. The highest BCUT2D eigenvalue weighted by atomic mass is 35.5. The number of ether oxygens (including phenoxy) is 1. The summed E-state index contributed by atoms with van der Waals surface area (Å²) in [5, 5.41) is 9.82. The molecule has 2 amide bonds. The lowest BCUT2D eigenvalue weighted by Crippen LogP contribution is -2.40. The fourth-order valence-electron chi connectivity index (χ4n) is 3.84. The second-order valence-corrected chi connectivity index (χ2v) is 8.70. The third kappa shape index (κ3) is 6.87. The number of carboxylic acids is 1. The first-order valence-corrected chi connectivity index (χ1v) is 11.7. The van der Waals surface area contributed by atoms with Crippen molar-refractivity contribution < 1.29 is 29.0 Å². The van der Waals surface area contributed by atoms with Crippen LogP contribution in [0.2, 0.25) is 5.02 Å². The van der Waals surface area contributed by atoms with Crippen LogP contribution < -0.4 is 0 Å². The van der Waals surface area contributed by atoms with E-state index in [0.29, 0.717) is 30.6 Å². The van der Waals surface area contributed by atoms with Crippen LogP contribution in [-0.2, 0) is 14.3 Å². The molecule has 0 saturated carbocycles. The van der Waals surface area contributed by atoms with Crippen molar-refractivity contribution in [1.82, 2.24) is 4.90 Å². The Hall–Kier alpha value is -3.81. The first-order valence-electron chi connectivity index (χ1n) is 11.3. The van der Waals surface area contributed by atoms with Crippen LogP contribution in [0.15, 0.2) is 72.8 Å². The molecule has 1 aliphatic rings. The van der Waals surface area contributed by atoms with E-state index in [-0.39, 0.29) is 6.54 Å². The SMILES string of the molecule is Cc1ccccc1C(=O)N(C=O)C[C@@H]1OCCC1C(=O)O.O=Cc1ccc(-c2ccc(Cl)cc2)cc1. The number of carbonyl (C=O) groups excluding carboxylic acids is 3. The summed E-state index contributed by atoms with van der Waals surface area (Å²) in [5.74, 6) is -2.09.